The van der Waals surface area contributed by atoms with E-state index in [0.717, 1.165) is 0 Å². The van der Waals surface area contributed by atoms with Crippen molar-refractivity contribution in [3.8, 4) is 0 Å². The first-order valence-electron chi connectivity index (χ1n) is 0.999. The van der Waals surface area contributed by atoms with E-state index >= 15 is 0 Å². The minimum absolute atomic E-state index is 0. The van der Waals surface area contributed by atoms with Gasteiger partial charge in [-0.25, -0.2) is 0 Å². The van der Waals surface area contributed by atoms with Gasteiger partial charge in [-0.1, -0.05) is 9.05 Å². The molecule has 1 N–H and O–H groups in total. The predicted molar refractivity (Wildman–Crippen MR) is 9.47 cm³/mol. The number of rotatable bonds is 1. The Bertz CT molecular complexity index is 37.8. The Hall–Kier alpha value is 0.510. The van der Waals surface area contributed by atoms with Gasteiger partial charge in [-0.05, 0) is 0 Å². The van der Waals surface area contributed by atoms with Gasteiger partial charge in [0.05, 0.1) is 0 Å². The molecule has 0 saturated carbocycles. The summed E-state index contributed by atoms with van der Waals surface area (Å²) < 4.78 is 2.41. The molecule has 0 bridgehead atoms. The summed E-state index contributed by atoms with van der Waals surface area (Å²) in [7, 11) is -5.33. The molecule has 0 fully saturated rings. The second kappa shape index (κ2) is 3.50. The molecule has 0 amide bonds. The normalized spacial score (nSPS) is 10.3. The van der Waals surface area contributed by atoms with E-state index in [-0.39, 0.29) is 16.5 Å². The molecule has 5 nitrogen and oxygen atoms in total. The van der Waals surface area contributed by atoms with Gasteiger partial charge < -0.3 is 19.0 Å². The van der Waals surface area contributed by atoms with E-state index in [4.69, 9.17) is 19.6 Å². The molecule has 7 heavy (non-hydrogen) atoms. The maximum atomic E-state index is 9.03. The standard InChI is InChI=1S/Ni.HO5Si/c;1-5-6(2,3)4/h;1H/q+3;-3. The Labute approximate surface area is 50.5 Å². The molecule has 0 aliphatic heterocycles. The van der Waals surface area contributed by atoms with E-state index < -0.39 is 9.05 Å². The Morgan fingerprint density at radius 1 is 1.29 bits per heavy atom. The van der Waals surface area contributed by atoms with Crippen molar-refractivity contribution in [1.82, 2.24) is 0 Å². The maximum absolute atomic E-state index is 9.03. The molecule has 0 aromatic rings. The van der Waals surface area contributed by atoms with Gasteiger partial charge in [0, 0.05) is 0 Å². The van der Waals surface area contributed by atoms with Gasteiger partial charge in [0.25, 0.3) is 0 Å². The smallest absolute Gasteiger partial charge is 0.859 e. The molecule has 45 valence electrons. The minimum Gasteiger partial charge on any atom is -0.859 e. The molecule has 0 atom stereocenters. The van der Waals surface area contributed by atoms with E-state index in [1.165, 1.54) is 0 Å². The van der Waals surface area contributed by atoms with Crippen LogP contribution in [0.5, 0.6) is 0 Å². The fourth-order valence-electron chi connectivity index (χ4n) is 0. The second-order valence-corrected chi connectivity index (χ2v) is 1.77. The molecule has 0 saturated heterocycles. The average molecular weight is 168 g/mol. The van der Waals surface area contributed by atoms with E-state index in [9.17, 15) is 0 Å². The Kier molecular flexibility index (Phi) is 5.25. The summed E-state index contributed by atoms with van der Waals surface area (Å²) >= 11 is 0. The van der Waals surface area contributed by atoms with Gasteiger partial charge in [-0.3, -0.25) is 5.26 Å². The molecule has 7 heteroatoms. The van der Waals surface area contributed by atoms with Crippen LogP contribution in [-0.2, 0) is 21.1 Å². The summed E-state index contributed by atoms with van der Waals surface area (Å²) in [6.45, 7) is 0. The van der Waals surface area contributed by atoms with Crippen molar-refractivity contribution in [2.45, 2.75) is 0 Å². The third-order valence-corrected chi connectivity index (χ3v) is 0.335. The molecule has 0 aromatic heterocycles. The van der Waals surface area contributed by atoms with Crippen molar-refractivity contribution >= 4 is 9.05 Å². The first-order chi connectivity index (χ1) is 2.56. The van der Waals surface area contributed by atoms with Gasteiger partial charge >= 0.3 is 16.5 Å². The molecule has 0 aliphatic carbocycles. The van der Waals surface area contributed by atoms with Crippen molar-refractivity contribution in [2.75, 3.05) is 0 Å². The van der Waals surface area contributed by atoms with Crippen molar-refractivity contribution in [3.63, 3.8) is 0 Å². The molecular formula is HNiO5Si. The van der Waals surface area contributed by atoms with Crippen molar-refractivity contribution < 1.29 is 40.7 Å². The molecule has 0 aliphatic rings. The van der Waals surface area contributed by atoms with Crippen LogP contribution in [0.3, 0.4) is 0 Å². The molecule has 0 spiro atoms. The topological polar surface area (TPSA) is 98.6 Å². The molecule has 0 unspecified atom stereocenters. The number of hydrogen-bond acceptors (Lipinski definition) is 5. The van der Waals surface area contributed by atoms with Crippen LogP contribution in [0.25, 0.3) is 0 Å². The Morgan fingerprint density at radius 3 is 1.43 bits per heavy atom. The van der Waals surface area contributed by atoms with E-state index in [1.54, 1.807) is 0 Å². The summed E-state index contributed by atoms with van der Waals surface area (Å²) in [4.78, 5) is 27.1. The summed E-state index contributed by atoms with van der Waals surface area (Å²) in [5.41, 5.74) is 0. The van der Waals surface area contributed by atoms with Gasteiger partial charge in [0.15, 0.2) is 0 Å². The SMILES string of the molecule is [Ni+3].[O-][Si]([O-])([O-])OO. The fourth-order valence-corrected chi connectivity index (χ4v) is 0. The Morgan fingerprint density at radius 2 is 1.43 bits per heavy atom. The van der Waals surface area contributed by atoms with E-state index in [0.29, 0.717) is 0 Å². The van der Waals surface area contributed by atoms with Crippen LogP contribution in [0.15, 0.2) is 0 Å². The third kappa shape index (κ3) is 10.7. The summed E-state index contributed by atoms with van der Waals surface area (Å²) in [5.74, 6) is 0. The van der Waals surface area contributed by atoms with Gasteiger partial charge in [-0.15, -0.1) is 0 Å². The average Bonchev–Trinajstić information content (AvgIpc) is 1.35. The fraction of sp³-hybridized carbons (Fsp3) is 0. The van der Waals surface area contributed by atoms with Crippen molar-refractivity contribution in [2.24, 2.45) is 0 Å². The van der Waals surface area contributed by atoms with Gasteiger partial charge in [0.1, 0.15) is 0 Å². The quantitative estimate of drug-likeness (QED) is 0.244. The first kappa shape index (κ1) is 10.5. The molecule has 0 heterocycles. The van der Waals surface area contributed by atoms with Crippen molar-refractivity contribution in [1.29, 1.82) is 0 Å². The van der Waals surface area contributed by atoms with Crippen LogP contribution in [0.4, 0.5) is 0 Å². The van der Waals surface area contributed by atoms with Gasteiger partial charge in [0.2, 0.25) is 0 Å². The monoisotopic (exact) mass is 167 g/mol. The van der Waals surface area contributed by atoms with E-state index in [1.807, 2.05) is 0 Å². The van der Waals surface area contributed by atoms with Crippen LogP contribution in [-0.4, -0.2) is 14.3 Å². The van der Waals surface area contributed by atoms with Crippen LogP contribution in [0, 0.1) is 0 Å². The number of hydrogen-bond donors (Lipinski definition) is 1. The zero-order valence-corrected chi connectivity index (χ0v) is 4.88. The second-order valence-electron chi connectivity index (χ2n) is 0.591. The maximum Gasteiger partial charge on any atom is 3.00 e. The van der Waals surface area contributed by atoms with Crippen LogP contribution in [0.1, 0.15) is 0 Å². The third-order valence-electron chi connectivity index (χ3n) is 0.112. The van der Waals surface area contributed by atoms with Crippen LogP contribution >= 0.6 is 0 Å². The molecular weight excluding hydrogens is 167 g/mol. The molecule has 0 rings (SSSR count). The Balaban J connectivity index is 0. The zero-order valence-electron chi connectivity index (χ0n) is 2.90. The zero-order chi connectivity index (χ0) is 5.21. The van der Waals surface area contributed by atoms with Crippen molar-refractivity contribution in [3.05, 3.63) is 0 Å². The van der Waals surface area contributed by atoms with E-state index in [2.05, 4.69) is 4.58 Å². The minimum atomic E-state index is -5.33. The predicted octanol–water partition coefficient (Wildman–Crippen LogP) is -4.01. The first-order valence-corrected chi connectivity index (χ1v) is 2.63. The summed E-state index contributed by atoms with van der Waals surface area (Å²) in [5, 5.41) is 7.03. The summed E-state index contributed by atoms with van der Waals surface area (Å²) in [6, 6.07) is 0. The summed E-state index contributed by atoms with van der Waals surface area (Å²) in [6.07, 6.45) is 0. The van der Waals surface area contributed by atoms with Crippen LogP contribution in [0.2, 0.25) is 0 Å². The van der Waals surface area contributed by atoms with Crippen LogP contribution < -0.4 is 14.4 Å². The molecule has 0 aromatic carbocycles. The van der Waals surface area contributed by atoms with Gasteiger partial charge in [-0.2, -0.15) is 0 Å². The molecule has 1 radical (unpaired) electrons. The largest absolute Gasteiger partial charge is 3.00 e.